The highest BCUT2D eigenvalue weighted by molar-refractivity contribution is 6.30. The van der Waals surface area contributed by atoms with Crippen LogP contribution in [0.4, 0.5) is 4.39 Å². The van der Waals surface area contributed by atoms with Crippen LogP contribution >= 0.6 is 23.2 Å². The SMILES string of the molecule is O=c1ccn(-c2cc(F)cc(Cl)c2)nc1CCl. The minimum atomic E-state index is -0.472. The molecule has 0 unspecified atom stereocenters. The predicted octanol–water partition coefficient (Wildman–Crippen LogP) is 2.76. The van der Waals surface area contributed by atoms with Gasteiger partial charge in [0.15, 0.2) is 0 Å². The minimum Gasteiger partial charge on any atom is -0.288 e. The molecule has 17 heavy (non-hydrogen) atoms. The molecule has 0 aliphatic rings. The van der Waals surface area contributed by atoms with Gasteiger partial charge in [0.2, 0.25) is 5.43 Å². The lowest BCUT2D eigenvalue weighted by atomic mass is 10.3. The molecule has 1 aromatic heterocycles. The van der Waals surface area contributed by atoms with Crippen LogP contribution in [-0.4, -0.2) is 9.78 Å². The largest absolute Gasteiger partial charge is 0.288 e. The van der Waals surface area contributed by atoms with Gasteiger partial charge in [0.1, 0.15) is 11.5 Å². The highest BCUT2D eigenvalue weighted by atomic mass is 35.5. The van der Waals surface area contributed by atoms with Crippen molar-refractivity contribution < 1.29 is 4.39 Å². The van der Waals surface area contributed by atoms with Gasteiger partial charge in [0.25, 0.3) is 0 Å². The molecule has 2 rings (SSSR count). The van der Waals surface area contributed by atoms with Crippen molar-refractivity contribution in [3.05, 3.63) is 57.2 Å². The van der Waals surface area contributed by atoms with Crippen LogP contribution < -0.4 is 5.43 Å². The van der Waals surface area contributed by atoms with Gasteiger partial charge < -0.3 is 0 Å². The normalized spacial score (nSPS) is 10.5. The first-order valence-corrected chi connectivity index (χ1v) is 5.62. The molecule has 0 fully saturated rings. The van der Waals surface area contributed by atoms with Gasteiger partial charge in [-0.2, -0.15) is 5.10 Å². The summed E-state index contributed by atoms with van der Waals surface area (Å²) in [5.41, 5.74) is 0.384. The molecule has 6 heteroatoms. The highest BCUT2D eigenvalue weighted by Crippen LogP contribution is 2.16. The Balaban J connectivity index is 2.56. The quantitative estimate of drug-likeness (QED) is 0.788. The van der Waals surface area contributed by atoms with Crippen LogP contribution in [0.3, 0.4) is 0 Å². The second-order valence-corrected chi connectivity index (χ2v) is 4.04. The smallest absolute Gasteiger partial charge is 0.204 e. The number of nitrogens with zero attached hydrogens (tertiary/aromatic N) is 2. The summed E-state index contributed by atoms with van der Waals surface area (Å²) in [6.45, 7) is 0. The summed E-state index contributed by atoms with van der Waals surface area (Å²) in [4.78, 5) is 11.3. The fraction of sp³-hybridized carbons (Fsp3) is 0.0909. The standard InChI is InChI=1S/C11H7Cl2FN2O/c12-6-10-11(17)1-2-16(15-10)9-4-7(13)3-8(14)5-9/h1-5H,6H2. The Labute approximate surface area is 106 Å². The molecule has 0 aliphatic carbocycles. The van der Waals surface area contributed by atoms with Crippen molar-refractivity contribution in [2.75, 3.05) is 0 Å². The third kappa shape index (κ3) is 2.65. The molecule has 3 nitrogen and oxygen atoms in total. The van der Waals surface area contributed by atoms with Crippen LogP contribution in [0.25, 0.3) is 5.69 Å². The van der Waals surface area contributed by atoms with E-state index in [0.29, 0.717) is 5.69 Å². The molecule has 1 aromatic carbocycles. The number of benzene rings is 1. The lowest BCUT2D eigenvalue weighted by Crippen LogP contribution is -2.14. The van der Waals surface area contributed by atoms with Gasteiger partial charge in [-0.1, -0.05) is 11.6 Å². The van der Waals surface area contributed by atoms with E-state index in [1.54, 1.807) is 6.07 Å². The summed E-state index contributed by atoms with van der Waals surface area (Å²) in [5.74, 6) is -0.469. The Morgan fingerprint density at radius 2 is 2.12 bits per heavy atom. The number of hydrogen-bond acceptors (Lipinski definition) is 2. The van der Waals surface area contributed by atoms with Gasteiger partial charge >= 0.3 is 0 Å². The molecule has 0 atom stereocenters. The van der Waals surface area contributed by atoms with Gasteiger partial charge in [-0.05, 0) is 18.2 Å². The average Bonchev–Trinajstić information content (AvgIpc) is 2.28. The Morgan fingerprint density at radius 3 is 2.76 bits per heavy atom. The zero-order valence-corrected chi connectivity index (χ0v) is 10.0. The van der Waals surface area contributed by atoms with Crippen molar-refractivity contribution in [3.8, 4) is 5.69 Å². The van der Waals surface area contributed by atoms with Crippen LogP contribution in [0.5, 0.6) is 0 Å². The van der Waals surface area contributed by atoms with Crippen LogP contribution in [-0.2, 0) is 5.88 Å². The van der Waals surface area contributed by atoms with Crippen LogP contribution in [0.15, 0.2) is 35.3 Å². The second kappa shape index (κ2) is 4.85. The number of rotatable bonds is 2. The first-order valence-electron chi connectivity index (χ1n) is 4.71. The summed E-state index contributed by atoms with van der Waals surface area (Å²) >= 11 is 11.3. The Kier molecular flexibility index (Phi) is 3.45. The molecule has 0 saturated carbocycles. The van der Waals surface area contributed by atoms with Gasteiger partial charge in [-0.3, -0.25) is 4.79 Å². The maximum absolute atomic E-state index is 13.2. The van der Waals surface area contributed by atoms with Crippen molar-refractivity contribution >= 4 is 23.2 Å². The second-order valence-electron chi connectivity index (χ2n) is 3.33. The van der Waals surface area contributed by atoms with Crippen molar-refractivity contribution in [2.45, 2.75) is 5.88 Å². The van der Waals surface area contributed by atoms with E-state index in [9.17, 15) is 9.18 Å². The first-order chi connectivity index (χ1) is 8.10. The van der Waals surface area contributed by atoms with E-state index < -0.39 is 5.82 Å². The molecular weight excluding hydrogens is 266 g/mol. The summed E-state index contributed by atoms with van der Waals surface area (Å²) in [6, 6.07) is 5.32. The summed E-state index contributed by atoms with van der Waals surface area (Å²) in [7, 11) is 0. The number of aromatic nitrogens is 2. The molecule has 88 valence electrons. The molecular formula is C11H7Cl2FN2O. The van der Waals surface area contributed by atoms with E-state index in [1.807, 2.05) is 0 Å². The lowest BCUT2D eigenvalue weighted by molar-refractivity contribution is 0.625. The summed E-state index contributed by atoms with van der Waals surface area (Å²) < 4.78 is 14.5. The third-order valence-electron chi connectivity index (χ3n) is 2.12. The molecule has 0 spiro atoms. The Bertz CT molecular complexity index is 592. The topological polar surface area (TPSA) is 34.9 Å². The van der Waals surface area contributed by atoms with Crippen LogP contribution in [0.1, 0.15) is 5.69 Å². The predicted molar refractivity (Wildman–Crippen MR) is 64.4 cm³/mol. The minimum absolute atomic E-state index is 0.00270. The van der Waals surface area contributed by atoms with Crippen molar-refractivity contribution in [1.82, 2.24) is 9.78 Å². The molecule has 0 radical (unpaired) electrons. The van der Waals surface area contributed by atoms with Crippen molar-refractivity contribution in [1.29, 1.82) is 0 Å². The van der Waals surface area contributed by atoms with E-state index in [4.69, 9.17) is 23.2 Å². The van der Waals surface area contributed by atoms with Gasteiger partial charge in [-0.15, -0.1) is 11.6 Å². The fourth-order valence-corrected chi connectivity index (χ4v) is 1.76. The third-order valence-corrected chi connectivity index (χ3v) is 2.59. The molecule has 0 N–H and O–H groups in total. The molecule has 0 bridgehead atoms. The van der Waals surface area contributed by atoms with Gasteiger partial charge in [0.05, 0.1) is 11.6 Å². The molecule has 1 heterocycles. The highest BCUT2D eigenvalue weighted by Gasteiger charge is 2.04. The number of hydrogen-bond donors (Lipinski definition) is 0. The zero-order chi connectivity index (χ0) is 12.4. The number of alkyl halides is 1. The maximum Gasteiger partial charge on any atom is 0.204 e. The molecule has 0 aliphatic heterocycles. The molecule has 0 amide bonds. The van der Waals surface area contributed by atoms with Gasteiger partial charge in [-0.25, -0.2) is 9.07 Å². The monoisotopic (exact) mass is 272 g/mol. The van der Waals surface area contributed by atoms with E-state index in [2.05, 4.69) is 5.10 Å². The van der Waals surface area contributed by atoms with E-state index >= 15 is 0 Å². The van der Waals surface area contributed by atoms with Crippen LogP contribution in [0, 0.1) is 5.82 Å². The van der Waals surface area contributed by atoms with Crippen molar-refractivity contribution in [3.63, 3.8) is 0 Å². The zero-order valence-electron chi connectivity index (χ0n) is 8.53. The van der Waals surface area contributed by atoms with E-state index in [-0.39, 0.29) is 22.0 Å². The van der Waals surface area contributed by atoms with E-state index in [0.717, 1.165) is 0 Å². The fourth-order valence-electron chi connectivity index (χ4n) is 1.36. The molecule has 0 saturated heterocycles. The van der Waals surface area contributed by atoms with E-state index in [1.165, 1.54) is 29.1 Å². The van der Waals surface area contributed by atoms with Crippen LogP contribution in [0.2, 0.25) is 5.02 Å². The summed E-state index contributed by atoms with van der Waals surface area (Å²) in [6.07, 6.45) is 1.43. The lowest BCUT2D eigenvalue weighted by Gasteiger charge is -2.06. The maximum atomic E-state index is 13.2. The Hall–Kier alpha value is -1.39. The Morgan fingerprint density at radius 1 is 1.35 bits per heavy atom. The average molecular weight is 273 g/mol. The number of halogens is 3. The van der Waals surface area contributed by atoms with Gasteiger partial charge in [0, 0.05) is 17.3 Å². The first kappa shape index (κ1) is 12.1. The molecule has 2 aromatic rings. The van der Waals surface area contributed by atoms with Crippen molar-refractivity contribution in [2.24, 2.45) is 0 Å². The summed E-state index contributed by atoms with van der Waals surface area (Å²) in [5, 5.41) is 4.25.